The average molecular weight is 467 g/mol. The van der Waals surface area contributed by atoms with Crippen LogP contribution in [0.4, 0.5) is 11.4 Å². The first-order chi connectivity index (χ1) is 14.7. The number of azo groups is 1. The van der Waals surface area contributed by atoms with Crippen LogP contribution in [0.2, 0.25) is 10.0 Å². The van der Waals surface area contributed by atoms with E-state index in [0.717, 1.165) is 41.0 Å². The maximum atomic E-state index is 5.99. The Balaban J connectivity index is 1.57. The lowest BCUT2D eigenvalue weighted by Gasteiger charge is -2.06. The van der Waals surface area contributed by atoms with Crippen LogP contribution in [0.3, 0.4) is 0 Å². The van der Waals surface area contributed by atoms with Crippen LogP contribution in [0.5, 0.6) is 0 Å². The Bertz CT molecular complexity index is 1070. The van der Waals surface area contributed by atoms with Gasteiger partial charge in [0.25, 0.3) is 0 Å². The molecule has 0 aliphatic rings. The van der Waals surface area contributed by atoms with Crippen LogP contribution >= 0.6 is 46.7 Å². The van der Waals surface area contributed by atoms with E-state index in [-0.39, 0.29) is 0 Å². The Kier molecular flexibility index (Phi) is 7.13. The van der Waals surface area contributed by atoms with Gasteiger partial charge in [0.15, 0.2) is 0 Å². The summed E-state index contributed by atoms with van der Waals surface area (Å²) in [6, 6.07) is 31.5. The van der Waals surface area contributed by atoms with Crippen molar-refractivity contribution >= 4 is 58.1 Å². The maximum absolute atomic E-state index is 5.99. The molecule has 0 unspecified atom stereocenters. The van der Waals surface area contributed by atoms with E-state index in [1.165, 1.54) is 0 Å². The van der Waals surface area contributed by atoms with Crippen LogP contribution in [-0.2, 0) is 0 Å². The second-order valence-corrected chi connectivity index (χ2v) is 9.35. The summed E-state index contributed by atoms with van der Waals surface area (Å²) in [6.45, 7) is 0. The summed E-state index contributed by atoms with van der Waals surface area (Å²) >= 11 is 15.3. The van der Waals surface area contributed by atoms with Crippen molar-refractivity contribution in [3.05, 3.63) is 107 Å². The fourth-order valence-corrected chi connectivity index (χ4v) is 4.64. The number of hydrogen-bond acceptors (Lipinski definition) is 4. The molecular weight excluding hydrogens is 451 g/mol. The van der Waals surface area contributed by atoms with Gasteiger partial charge in [0.05, 0.1) is 11.4 Å². The van der Waals surface area contributed by atoms with Crippen LogP contribution in [0.15, 0.2) is 127 Å². The fraction of sp³-hybridized carbons (Fsp3) is 0. The molecule has 0 heterocycles. The average Bonchev–Trinajstić information content (AvgIpc) is 2.77. The predicted molar refractivity (Wildman–Crippen MR) is 128 cm³/mol. The lowest BCUT2D eigenvalue weighted by molar-refractivity contribution is 1.16. The minimum Gasteiger partial charge on any atom is -0.149 e. The smallest absolute Gasteiger partial charge is 0.0996 e. The molecule has 0 aliphatic carbocycles. The SMILES string of the molecule is Clc1ccc(Sc2ccccc2N=Nc2ccccc2Sc2ccc(Cl)cc2)cc1. The van der Waals surface area contributed by atoms with Crippen molar-refractivity contribution in [3.8, 4) is 0 Å². The highest BCUT2D eigenvalue weighted by Crippen LogP contribution is 2.38. The fourth-order valence-electron chi connectivity index (χ4n) is 2.62. The molecule has 0 N–H and O–H groups in total. The Morgan fingerprint density at radius 3 is 1.23 bits per heavy atom. The first-order valence-electron chi connectivity index (χ1n) is 9.14. The van der Waals surface area contributed by atoms with Gasteiger partial charge in [0.1, 0.15) is 0 Å². The molecule has 0 spiro atoms. The second-order valence-electron chi connectivity index (χ2n) is 6.25. The molecule has 148 valence electrons. The Labute approximate surface area is 194 Å². The van der Waals surface area contributed by atoms with Gasteiger partial charge in [-0.2, -0.15) is 0 Å². The summed E-state index contributed by atoms with van der Waals surface area (Å²) in [5.74, 6) is 0. The lowest BCUT2D eigenvalue weighted by Crippen LogP contribution is -1.77. The summed E-state index contributed by atoms with van der Waals surface area (Å²) in [6.07, 6.45) is 0. The molecule has 0 bridgehead atoms. The molecule has 4 aromatic rings. The van der Waals surface area contributed by atoms with Crippen molar-refractivity contribution in [1.29, 1.82) is 0 Å². The normalized spacial score (nSPS) is 11.1. The van der Waals surface area contributed by atoms with Crippen LogP contribution < -0.4 is 0 Å². The van der Waals surface area contributed by atoms with E-state index in [9.17, 15) is 0 Å². The minimum absolute atomic E-state index is 0.724. The van der Waals surface area contributed by atoms with Gasteiger partial charge in [-0.25, -0.2) is 0 Å². The monoisotopic (exact) mass is 466 g/mol. The van der Waals surface area contributed by atoms with Gasteiger partial charge in [0, 0.05) is 29.6 Å². The van der Waals surface area contributed by atoms with Crippen LogP contribution in [0, 0.1) is 0 Å². The summed E-state index contributed by atoms with van der Waals surface area (Å²) < 4.78 is 0. The molecule has 0 aromatic heterocycles. The standard InChI is InChI=1S/C24H16Cl2N2S2/c25-17-9-13-19(14-10-17)29-23-7-3-1-5-21(23)27-28-22-6-2-4-8-24(22)30-20-15-11-18(26)12-16-20/h1-16H. The van der Waals surface area contributed by atoms with Gasteiger partial charge < -0.3 is 0 Å². The molecule has 0 amide bonds. The Hall–Kier alpha value is -2.24. The zero-order valence-corrected chi connectivity index (χ0v) is 18.8. The van der Waals surface area contributed by atoms with E-state index >= 15 is 0 Å². The maximum Gasteiger partial charge on any atom is 0.0996 e. The molecule has 30 heavy (non-hydrogen) atoms. The van der Waals surface area contributed by atoms with Crippen LogP contribution in [0.25, 0.3) is 0 Å². The number of hydrogen-bond donors (Lipinski definition) is 0. The third-order valence-electron chi connectivity index (χ3n) is 4.08. The van der Waals surface area contributed by atoms with Gasteiger partial charge in [-0.3, -0.25) is 0 Å². The topological polar surface area (TPSA) is 24.7 Å². The van der Waals surface area contributed by atoms with Gasteiger partial charge in [-0.05, 0) is 72.8 Å². The highest BCUT2D eigenvalue weighted by atomic mass is 35.5. The zero-order chi connectivity index (χ0) is 20.8. The molecule has 2 nitrogen and oxygen atoms in total. The predicted octanol–water partition coefficient (Wildman–Crippen LogP) is 9.71. The summed E-state index contributed by atoms with van der Waals surface area (Å²) in [4.78, 5) is 4.26. The third-order valence-corrected chi connectivity index (χ3v) is 6.73. The highest BCUT2D eigenvalue weighted by molar-refractivity contribution is 7.99. The van der Waals surface area contributed by atoms with Crippen molar-refractivity contribution in [2.24, 2.45) is 10.2 Å². The second kappa shape index (κ2) is 10.2. The molecule has 0 radical (unpaired) electrons. The van der Waals surface area contributed by atoms with E-state index in [1.807, 2.05) is 97.1 Å². The van der Waals surface area contributed by atoms with Crippen LogP contribution in [-0.4, -0.2) is 0 Å². The van der Waals surface area contributed by atoms with Crippen molar-refractivity contribution < 1.29 is 0 Å². The van der Waals surface area contributed by atoms with Gasteiger partial charge in [-0.15, -0.1) is 10.2 Å². The minimum atomic E-state index is 0.724. The van der Waals surface area contributed by atoms with E-state index in [4.69, 9.17) is 23.2 Å². The zero-order valence-electron chi connectivity index (χ0n) is 15.7. The number of nitrogens with zero attached hydrogens (tertiary/aromatic N) is 2. The highest BCUT2D eigenvalue weighted by Gasteiger charge is 2.06. The summed E-state index contributed by atoms with van der Waals surface area (Å²) in [7, 11) is 0. The third kappa shape index (κ3) is 5.67. The first-order valence-corrected chi connectivity index (χ1v) is 11.5. The molecule has 0 atom stereocenters. The largest absolute Gasteiger partial charge is 0.149 e. The van der Waals surface area contributed by atoms with E-state index in [2.05, 4.69) is 10.2 Å². The molecular formula is C24H16Cl2N2S2. The Morgan fingerprint density at radius 2 is 0.833 bits per heavy atom. The molecule has 0 fully saturated rings. The van der Waals surface area contributed by atoms with Gasteiger partial charge >= 0.3 is 0 Å². The summed E-state index contributed by atoms with van der Waals surface area (Å²) in [5, 5.41) is 10.5. The molecule has 4 rings (SSSR count). The van der Waals surface area contributed by atoms with Crippen molar-refractivity contribution in [1.82, 2.24) is 0 Å². The molecule has 6 heteroatoms. The molecule has 0 saturated carbocycles. The number of rotatable bonds is 6. The van der Waals surface area contributed by atoms with Crippen molar-refractivity contribution in [3.63, 3.8) is 0 Å². The lowest BCUT2D eigenvalue weighted by atomic mass is 10.3. The van der Waals surface area contributed by atoms with Crippen molar-refractivity contribution in [2.75, 3.05) is 0 Å². The van der Waals surface area contributed by atoms with E-state index in [0.29, 0.717) is 0 Å². The van der Waals surface area contributed by atoms with Gasteiger partial charge in [0.2, 0.25) is 0 Å². The van der Waals surface area contributed by atoms with Gasteiger partial charge in [-0.1, -0.05) is 71.0 Å². The number of halogens is 2. The Morgan fingerprint density at radius 1 is 0.467 bits per heavy atom. The summed E-state index contributed by atoms with van der Waals surface area (Å²) in [5.41, 5.74) is 1.65. The first kappa shape index (κ1) is 21.0. The van der Waals surface area contributed by atoms with Crippen LogP contribution in [0.1, 0.15) is 0 Å². The molecule has 0 saturated heterocycles. The molecule has 0 aliphatic heterocycles. The van der Waals surface area contributed by atoms with E-state index in [1.54, 1.807) is 23.5 Å². The van der Waals surface area contributed by atoms with E-state index < -0.39 is 0 Å². The molecule has 4 aromatic carbocycles. The number of benzene rings is 4. The van der Waals surface area contributed by atoms with Crippen molar-refractivity contribution in [2.45, 2.75) is 19.6 Å². The quantitative estimate of drug-likeness (QED) is 0.264.